The summed E-state index contributed by atoms with van der Waals surface area (Å²) in [5, 5.41) is 8.73. The Hall–Kier alpha value is -0.720. The molecule has 1 heterocycles. The first-order chi connectivity index (χ1) is 9.10. The largest absolute Gasteiger partial charge is 0.394 e. The first-order valence-corrected chi connectivity index (χ1v) is 7.33. The summed E-state index contributed by atoms with van der Waals surface area (Å²) in [6.45, 7) is 1.80. The van der Waals surface area contributed by atoms with Crippen molar-refractivity contribution in [1.29, 1.82) is 0 Å². The van der Waals surface area contributed by atoms with E-state index in [1.165, 1.54) is 0 Å². The number of aliphatic hydroxyl groups is 1. The average Bonchev–Trinajstić information content (AvgIpc) is 2.35. The monoisotopic (exact) mass is 286 g/mol. The minimum Gasteiger partial charge on any atom is -0.394 e. The van der Waals surface area contributed by atoms with Crippen LogP contribution in [-0.2, 0) is 9.53 Å². The van der Waals surface area contributed by atoms with Crippen molar-refractivity contribution < 1.29 is 14.6 Å². The Morgan fingerprint density at radius 3 is 2.47 bits per heavy atom. The molecular weight excluding hydrogens is 264 g/mol. The van der Waals surface area contributed by atoms with E-state index in [2.05, 4.69) is 0 Å². The average molecular weight is 286 g/mol. The summed E-state index contributed by atoms with van der Waals surface area (Å²) in [6, 6.07) is 0. The molecule has 0 atom stereocenters. The maximum atomic E-state index is 12.5. The number of carbonyl (C=O) groups excluding carboxylic acids is 1. The van der Waals surface area contributed by atoms with Crippen LogP contribution in [0.3, 0.4) is 0 Å². The lowest BCUT2D eigenvalue weighted by Crippen LogP contribution is -2.56. The van der Waals surface area contributed by atoms with Crippen molar-refractivity contribution >= 4 is 23.1 Å². The summed E-state index contributed by atoms with van der Waals surface area (Å²) in [5.74, 6) is 0.104. The summed E-state index contributed by atoms with van der Waals surface area (Å²) in [5.41, 5.74) is 5.20. The van der Waals surface area contributed by atoms with Gasteiger partial charge in [-0.05, 0) is 25.7 Å². The van der Waals surface area contributed by atoms with Crippen LogP contribution in [0.2, 0.25) is 0 Å². The molecule has 6 heteroatoms. The molecule has 0 unspecified atom stereocenters. The molecule has 2 aliphatic rings. The highest BCUT2D eigenvalue weighted by Crippen LogP contribution is 2.43. The lowest BCUT2D eigenvalue weighted by molar-refractivity contribution is -0.144. The molecule has 0 aromatic heterocycles. The van der Waals surface area contributed by atoms with E-state index in [0.717, 1.165) is 32.1 Å². The minimum atomic E-state index is -0.561. The van der Waals surface area contributed by atoms with Gasteiger partial charge in [0, 0.05) is 13.1 Å². The molecule has 2 rings (SSSR count). The number of hydrogen-bond acceptors (Lipinski definition) is 4. The second-order valence-corrected chi connectivity index (χ2v) is 5.83. The third-order valence-electron chi connectivity index (χ3n) is 4.26. The van der Waals surface area contributed by atoms with E-state index in [-0.39, 0.29) is 18.6 Å². The number of likely N-dealkylation sites (tertiary alicyclic amines) is 1. The van der Waals surface area contributed by atoms with Crippen LogP contribution >= 0.6 is 12.2 Å². The Morgan fingerprint density at radius 2 is 2.05 bits per heavy atom. The molecule has 19 heavy (non-hydrogen) atoms. The molecule has 2 fully saturated rings. The lowest BCUT2D eigenvalue weighted by atomic mass is 9.67. The summed E-state index contributed by atoms with van der Waals surface area (Å²) in [4.78, 5) is 14.8. The maximum Gasteiger partial charge on any atom is 0.235 e. The van der Waals surface area contributed by atoms with E-state index >= 15 is 0 Å². The topological polar surface area (TPSA) is 75.8 Å². The van der Waals surface area contributed by atoms with Crippen molar-refractivity contribution in [1.82, 2.24) is 4.90 Å². The molecule has 3 N–H and O–H groups in total. The van der Waals surface area contributed by atoms with E-state index < -0.39 is 5.41 Å². The van der Waals surface area contributed by atoms with Gasteiger partial charge >= 0.3 is 0 Å². The zero-order valence-corrected chi connectivity index (χ0v) is 12.0. The van der Waals surface area contributed by atoms with E-state index in [4.69, 9.17) is 27.8 Å². The van der Waals surface area contributed by atoms with Crippen molar-refractivity contribution in [3.8, 4) is 0 Å². The van der Waals surface area contributed by atoms with Gasteiger partial charge in [-0.2, -0.15) is 0 Å². The minimum absolute atomic E-state index is 0.0453. The van der Waals surface area contributed by atoms with Crippen LogP contribution in [0.5, 0.6) is 0 Å². The van der Waals surface area contributed by atoms with Crippen LogP contribution in [0.25, 0.3) is 0 Å². The number of piperidine rings is 1. The van der Waals surface area contributed by atoms with E-state index in [1.54, 1.807) is 0 Å². The van der Waals surface area contributed by atoms with Crippen LogP contribution < -0.4 is 5.73 Å². The van der Waals surface area contributed by atoms with Gasteiger partial charge < -0.3 is 20.5 Å². The van der Waals surface area contributed by atoms with E-state index in [1.807, 2.05) is 4.90 Å². The number of hydrogen-bond donors (Lipinski definition) is 2. The number of thiocarbonyl (C=S) groups is 1. The van der Waals surface area contributed by atoms with Crippen LogP contribution in [0.4, 0.5) is 0 Å². The summed E-state index contributed by atoms with van der Waals surface area (Å²) in [7, 11) is 0. The number of ether oxygens (including phenoxy) is 1. The van der Waals surface area contributed by atoms with Crippen molar-refractivity contribution in [2.75, 3.05) is 26.3 Å². The SMILES string of the molecule is NC(=S)C1(C(=O)N2CCC(OCCO)CC2)CCC1. The third kappa shape index (κ3) is 2.90. The molecule has 1 saturated carbocycles. The molecule has 0 aromatic rings. The molecule has 1 amide bonds. The summed E-state index contributed by atoms with van der Waals surface area (Å²) < 4.78 is 5.50. The molecule has 1 aliphatic heterocycles. The Morgan fingerprint density at radius 1 is 1.42 bits per heavy atom. The highest BCUT2D eigenvalue weighted by Gasteiger charge is 2.49. The van der Waals surface area contributed by atoms with Crippen LogP contribution in [0.1, 0.15) is 32.1 Å². The number of rotatable bonds is 5. The van der Waals surface area contributed by atoms with Gasteiger partial charge in [0.25, 0.3) is 0 Å². The van der Waals surface area contributed by atoms with Crippen LogP contribution in [0.15, 0.2) is 0 Å². The van der Waals surface area contributed by atoms with Crippen molar-refractivity contribution in [3.63, 3.8) is 0 Å². The summed E-state index contributed by atoms with van der Waals surface area (Å²) in [6.07, 6.45) is 4.40. The van der Waals surface area contributed by atoms with Crippen molar-refractivity contribution in [3.05, 3.63) is 0 Å². The third-order valence-corrected chi connectivity index (χ3v) is 4.65. The molecule has 1 aliphatic carbocycles. The van der Waals surface area contributed by atoms with E-state index in [0.29, 0.717) is 24.7 Å². The Bertz CT molecular complexity index is 350. The molecule has 1 saturated heterocycles. The van der Waals surface area contributed by atoms with Gasteiger partial charge in [-0.15, -0.1) is 0 Å². The maximum absolute atomic E-state index is 12.5. The standard InChI is InChI=1S/C13H22N2O3S/c14-11(19)13(4-1-5-13)12(17)15-6-2-10(3-7-15)18-9-8-16/h10,16H,1-9H2,(H2,14,19). The first-order valence-electron chi connectivity index (χ1n) is 6.92. The van der Waals surface area contributed by atoms with E-state index in [9.17, 15) is 4.79 Å². The Kier molecular flexibility index (Phi) is 4.76. The number of aliphatic hydroxyl groups excluding tert-OH is 1. The van der Waals surface area contributed by atoms with Crippen molar-refractivity contribution in [2.45, 2.75) is 38.2 Å². The summed E-state index contributed by atoms with van der Waals surface area (Å²) >= 11 is 5.08. The molecule has 0 radical (unpaired) electrons. The molecule has 0 bridgehead atoms. The smallest absolute Gasteiger partial charge is 0.235 e. The molecule has 108 valence electrons. The van der Waals surface area contributed by atoms with Crippen LogP contribution in [0, 0.1) is 5.41 Å². The highest BCUT2D eigenvalue weighted by molar-refractivity contribution is 7.80. The molecule has 0 aromatic carbocycles. The van der Waals surface area contributed by atoms with Crippen molar-refractivity contribution in [2.24, 2.45) is 11.1 Å². The number of nitrogens with zero attached hydrogens (tertiary/aromatic N) is 1. The predicted octanol–water partition coefficient (Wildman–Crippen LogP) is 0.443. The zero-order chi connectivity index (χ0) is 13.9. The fraction of sp³-hybridized carbons (Fsp3) is 0.846. The number of carbonyl (C=O) groups is 1. The predicted molar refractivity (Wildman–Crippen MR) is 75.7 cm³/mol. The van der Waals surface area contributed by atoms with Gasteiger partial charge in [-0.3, -0.25) is 4.79 Å². The quantitative estimate of drug-likeness (QED) is 0.717. The Balaban J connectivity index is 1.87. The van der Waals surface area contributed by atoms with Gasteiger partial charge in [-0.1, -0.05) is 18.6 Å². The molecular formula is C13H22N2O3S. The Labute approximate surface area is 119 Å². The number of nitrogens with two attached hydrogens (primary N) is 1. The lowest BCUT2D eigenvalue weighted by Gasteiger charge is -2.44. The molecule has 0 spiro atoms. The van der Waals surface area contributed by atoms with Gasteiger partial charge in [-0.25, -0.2) is 0 Å². The zero-order valence-electron chi connectivity index (χ0n) is 11.1. The second kappa shape index (κ2) is 6.15. The van der Waals surface area contributed by atoms with Gasteiger partial charge in [0.05, 0.1) is 29.7 Å². The van der Waals surface area contributed by atoms with Crippen LogP contribution in [-0.4, -0.2) is 53.3 Å². The molecule has 5 nitrogen and oxygen atoms in total. The van der Waals surface area contributed by atoms with Gasteiger partial charge in [0.15, 0.2) is 0 Å². The fourth-order valence-corrected chi connectivity index (χ4v) is 3.14. The highest BCUT2D eigenvalue weighted by atomic mass is 32.1. The second-order valence-electron chi connectivity index (χ2n) is 5.39. The number of amides is 1. The van der Waals surface area contributed by atoms with Gasteiger partial charge in [0.2, 0.25) is 5.91 Å². The fourth-order valence-electron chi connectivity index (χ4n) is 2.84. The first kappa shape index (κ1) is 14.7. The normalized spacial score (nSPS) is 22.9. The van der Waals surface area contributed by atoms with Gasteiger partial charge in [0.1, 0.15) is 0 Å².